The third kappa shape index (κ3) is 1.94. The van der Waals surface area contributed by atoms with Gasteiger partial charge in [-0.25, -0.2) is 9.50 Å². The Hall–Kier alpha value is -1.38. The van der Waals surface area contributed by atoms with Gasteiger partial charge in [-0.05, 0) is 43.1 Å². The van der Waals surface area contributed by atoms with Gasteiger partial charge in [0.25, 0.3) is 0 Å². The number of aromatic nitrogens is 3. The molecule has 1 saturated carbocycles. The van der Waals surface area contributed by atoms with Crippen LogP contribution in [0.2, 0.25) is 0 Å². The van der Waals surface area contributed by atoms with Gasteiger partial charge in [-0.15, -0.1) is 0 Å². The summed E-state index contributed by atoms with van der Waals surface area (Å²) in [5.41, 5.74) is 2.94. The van der Waals surface area contributed by atoms with E-state index < -0.39 is 0 Å². The molecular formula is C14H19N3. The minimum Gasteiger partial charge on any atom is -0.221 e. The predicted molar refractivity (Wildman–Crippen MR) is 68.0 cm³/mol. The van der Waals surface area contributed by atoms with Crippen LogP contribution in [0.4, 0.5) is 0 Å². The van der Waals surface area contributed by atoms with Crippen LogP contribution in [0.15, 0.2) is 24.7 Å². The van der Waals surface area contributed by atoms with Gasteiger partial charge in [0.15, 0.2) is 5.65 Å². The van der Waals surface area contributed by atoms with Gasteiger partial charge >= 0.3 is 0 Å². The van der Waals surface area contributed by atoms with Crippen molar-refractivity contribution >= 4 is 5.65 Å². The van der Waals surface area contributed by atoms with Crippen molar-refractivity contribution in [3.8, 4) is 0 Å². The van der Waals surface area contributed by atoms with Gasteiger partial charge in [-0.3, -0.25) is 0 Å². The van der Waals surface area contributed by atoms with Crippen molar-refractivity contribution in [2.24, 2.45) is 5.41 Å². The summed E-state index contributed by atoms with van der Waals surface area (Å²) in [6, 6.07) is 4.30. The van der Waals surface area contributed by atoms with Crippen molar-refractivity contribution in [2.45, 2.75) is 45.4 Å². The maximum Gasteiger partial charge on any atom is 0.158 e. The van der Waals surface area contributed by atoms with E-state index >= 15 is 0 Å². The Bertz CT molecular complexity index is 517. The minimum absolute atomic E-state index is 0.523. The highest BCUT2D eigenvalue weighted by Crippen LogP contribution is 2.42. The van der Waals surface area contributed by atoms with Gasteiger partial charge in [0.05, 0.1) is 0 Å². The molecular weight excluding hydrogens is 210 g/mol. The van der Waals surface area contributed by atoms with E-state index in [4.69, 9.17) is 0 Å². The van der Waals surface area contributed by atoms with E-state index in [-0.39, 0.29) is 0 Å². The molecule has 0 bridgehead atoms. The van der Waals surface area contributed by atoms with E-state index in [0.717, 1.165) is 5.65 Å². The first-order chi connectivity index (χ1) is 8.16. The van der Waals surface area contributed by atoms with Crippen LogP contribution in [-0.2, 0) is 0 Å². The summed E-state index contributed by atoms with van der Waals surface area (Å²) in [7, 11) is 0. The van der Waals surface area contributed by atoms with Gasteiger partial charge in [0, 0.05) is 11.8 Å². The van der Waals surface area contributed by atoms with Crippen molar-refractivity contribution in [3.05, 3.63) is 30.2 Å². The Balaban J connectivity index is 1.92. The molecule has 0 radical (unpaired) electrons. The first kappa shape index (κ1) is 10.8. The molecule has 3 heteroatoms. The Kier molecular flexibility index (Phi) is 2.42. The van der Waals surface area contributed by atoms with Crippen LogP contribution in [0, 0.1) is 5.41 Å². The number of pyridine rings is 1. The number of nitrogens with zero attached hydrogens (tertiary/aromatic N) is 3. The Morgan fingerprint density at radius 2 is 2.06 bits per heavy atom. The third-order valence-corrected chi connectivity index (χ3v) is 4.11. The van der Waals surface area contributed by atoms with Crippen LogP contribution in [0.25, 0.3) is 5.65 Å². The molecule has 0 unspecified atom stereocenters. The molecule has 2 aromatic heterocycles. The van der Waals surface area contributed by atoms with Gasteiger partial charge in [-0.1, -0.05) is 19.9 Å². The highest BCUT2D eigenvalue weighted by atomic mass is 15.3. The normalized spacial score (nSPS) is 20.8. The Morgan fingerprint density at radius 1 is 1.29 bits per heavy atom. The molecule has 0 amide bonds. The zero-order valence-corrected chi connectivity index (χ0v) is 10.6. The summed E-state index contributed by atoms with van der Waals surface area (Å²) in [5.74, 6) is 0.663. The zero-order chi connectivity index (χ0) is 11.9. The average molecular weight is 229 g/mol. The second-order valence-electron chi connectivity index (χ2n) is 5.93. The second-order valence-corrected chi connectivity index (χ2v) is 5.93. The van der Waals surface area contributed by atoms with E-state index in [1.54, 1.807) is 6.33 Å². The standard InChI is InChI=1S/C14H19N3/c1-14(2)7-5-11(6-8-14)12-4-3-9-17-13(12)15-10-16-17/h3-4,9-11H,5-8H2,1-2H3. The van der Waals surface area contributed by atoms with E-state index in [1.807, 2.05) is 10.7 Å². The molecule has 2 aromatic rings. The summed E-state index contributed by atoms with van der Waals surface area (Å²) >= 11 is 0. The first-order valence-electron chi connectivity index (χ1n) is 6.44. The topological polar surface area (TPSA) is 30.2 Å². The molecule has 0 N–H and O–H groups in total. The summed E-state index contributed by atoms with van der Waals surface area (Å²) in [6.07, 6.45) is 8.79. The molecule has 1 aliphatic rings. The van der Waals surface area contributed by atoms with Crippen molar-refractivity contribution in [1.29, 1.82) is 0 Å². The van der Waals surface area contributed by atoms with Crippen LogP contribution in [0.5, 0.6) is 0 Å². The summed E-state index contributed by atoms with van der Waals surface area (Å²) < 4.78 is 1.88. The molecule has 3 rings (SSSR count). The van der Waals surface area contributed by atoms with E-state index in [9.17, 15) is 0 Å². The van der Waals surface area contributed by atoms with Crippen LogP contribution in [0.1, 0.15) is 51.0 Å². The monoisotopic (exact) mass is 229 g/mol. The zero-order valence-electron chi connectivity index (χ0n) is 10.6. The predicted octanol–water partition coefficient (Wildman–Crippen LogP) is 3.41. The highest BCUT2D eigenvalue weighted by Gasteiger charge is 2.28. The summed E-state index contributed by atoms with van der Waals surface area (Å²) in [4.78, 5) is 4.38. The Morgan fingerprint density at radius 3 is 2.82 bits per heavy atom. The summed E-state index contributed by atoms with van der Waals surface area (Å²) in [6.45, 7) is 4.75. The fourth-order valence-corrected chi connectivity index (χ4v) is 2.90. The Labute approximate surface area is 102 Å². The number of hydrogen-bond acceptors (Lipinski definition) is 2. The molecule has 1 fully saturated rings. The lowest BCUT2D eigenvalue weighted by Crippen LogP contribution is -2.20. The number of fused-ring (bicyclic) bond motifs is 1. The highest BCUT2D eigenvalue weighted by molar-refractivity contribution is 5.48. The molecule has 0 aliphatic heterocycles. The molecule has 17 heavy (non-hydrogen) atoms. The van der Waals surface area contributed by atoms with Crippen LogP contribution in [0.3, 0.4) is 0 Å². The number of hydrogen-bond donors (Lipinski definition) is 0. The fraction of sp³-hybridized carbons (Fsp3) is 0.571. The van der Waals surface area contributed by atoms with Crippen molar-refractivity contribution in [2.75, 3.05) is 0 Å². The lowest BCUT2D eigenvalue weighted by atomic mass is 9.71. The molecule has 1 aliphatic carbocycles. The molecule has 2 heterocycles. The van der Waals surface area contributed by atoms with Crippen LogP contribution >= 0.6 is 0 Å². The van der Waals surface area contributed by atoms with E-state index in [1.165, 1.54) is 31.2 Å². The smallest absolute Gasteiger partial charge is 0.158 e. The average Bonchev–Trinajstić information content (AvgIpc) is 2.77. The molecule has 0 aromatic carbocycles. The number of rotatable bonds is 1. The molecule has 0 spiro atoms. The van der Waals surface area contributed by atoms with Gasteiger partial charge < -0.3 is 0 Å². The van der Waals surface area contributed by atoms with Gasteiger partial charge in [0.2, 0.25) is 0 Å². The molecule has 3 nitrogen and oxygen atoms in total. The van der Waals surface area contributed by atoms with Crippen molar-refractivity contribution in [1.82, 2.24) is 14.6 Å². The lowest BCUT2D eigenvalue weighted by molar-refractivity contribution is 0.225. The van der Waals surface area contributed by atoms with Crippen LogP contribution < -0.4 is 0 Å². The fourth-order valence-electron chi connectivity index (χ4n) is 2.90. The van der Waals surface area contributed by atoms with Crippen molar-refractivity contribution < 1.29 is 0 Å². The van der Waals surface area contributed by atoms with Gasteiger partial charge in [0.1, 0.15) is 6.33 Å². The molecule has 0 saturated heterocycles. The molecule has 0 atom stereocenters. The second kappa shape index (κ2) is 3.83. The van der Waals surface area contributed by atoms with E-state index in [2.05, 4.69) is 36.1 Å². The van der Waals surface area contributed by atoms with Crippen molar-refractivity contribution in [3.63, 3.8) is 0 Å². The first-order valence-corrected chi connectivity index (χ1v) is 6.44. The SMILES string of the molecule is CC1(C)CCC(c2cccn3ncnc23)CC1. The quantitative estimate of drug-likeness (QED) is 0.750. The lowest BCUT2D eigenvalue weighted by Gasteiger charge is -2.34. The third-order valence-electron chi connectivity index (χ3n) is 4.11. The van der Waals surface area contributed by atoms with Gasteiger partial charge in [-0.2, -0.15) is 5.10 Å². The maximum atomic E-state index is 4.38. The minimum atomic E-state index is 0.523. The largest absolute Gasteiger partial charge is 0.221 e. The maximum absolute atomic E-state index is 4.38. The van der Waals surface area contributed by atoms with Crippen LogP contribution in [-0.4, -0.2) is 14.6 Å². The molecule has 90 valence electrons. The summed E-state index contributed by atoms with van der Waals surface area (Å²) in [5, 5.41) is 4.21. The van der Waals surface area contributed by atoms with E-state index in [0.29, 0.717) is 11.3 Å².